The summed E-state index contributed by atoms with van der Waals surface area (Å²) in [6.07, 6.45) is -1.04. The van der Waals surface area contributed by atoms with Crippen molar-refractivity contribution >= 4 is 11.8 Å². The second-order valence-corrected chi connectivity index (χ2v) is 7.54. The van der Waals surface area contributed by atoms with Crippen LogP contribution in [0.4, 0.5) is 17.6 Å². The maximum atomic E-state index is 13.4. The molecule has 3 rings (SSSR count). The summed E-state index contributed by atoms with van der Waals surface area (Å²) in [5, 5.41) is 5.11. The minimum atomic E-state index is -4.89. The van der Waals surface area contributed by atoms with Gasteiger partial charge in [0.2, 0.25) is 0 Å². The molecule has 0 saturated heterocycles. The Morgan fingerprint density at radius 1 is 1.12 bits per heavy atom. The largest absolute Gasteiger partial charge is 0.458 e. The van der Waals surface area contributed by atoms with Crippen molar-refractivity contribution in [3.05, 3.63) is 88.6 Å². The maximum absolute atomic E-state index is 13.4. The van der Waals surface area contributed by atoms with Crippen LogP contribution in [0.25, 0.3) is 0 Å². The average molecular weight is 477 g/mol. The van der Waals surface area contributed by atoms with Crippen molar-refractivity contribution in [2.75, 3.05) is 27.2 Å². The smallest absolute Gasteiger partial charge is 0.419 e. The van der Waals surface area contributed by atoms with E-state index < -0.39 is 23.5 Å². The van der Waals surface area contributed by atoms with Gasteiger partial charge in [-0.1, -0.05) is 12.1 Å². The van der Waals surface area contributed by atoms with E-state index in [1.54, 1.807) is 43.3 Å². The van der Waals surface area contributed by atoms with E-state index in [0.717, 1.165) is 11.6 Å². The lowest BCUT2D eigenvalue weighted by atomic mass is 10.1. The summed E-state index contributed by atoms with van der Waals surface area (Å²) >= 11 is 0. The van der Waals surface area contributed by atoms with E-state index in [1.165, 1.54) is 0 Å². The van der Waals surface area contributed by atoms with Gasteiger partial charge in [-0.05, 0) is 48.4 Å². The number of benzene rings is 2. The summed E-state index contributed by atoms with van der Waals surface area (Å²) in [6, 6.07) is 9.21. The number of rotatable bonds is 7. The van der Waals surface area contributed by atoms with Crippen LogP contribution in [0.3, 0.4) is 0 Å². The van der Waals surface area contributed by atoms with Crippen molar-refractivity contribution in [3.63, 3.8) is 0 Å². The highest BCUT2D eigenvalue weighted by Gasteiger charge is 2.34. The quantitative estimate of drug-likeness (QED) is 0.598. The van der Waals surface area contributed by atoms with Crippen LogP contribution < -0.4 is 15.4 Å². The zero-order valence-electron chi connectivity index (χ0n) is 18.5. The van der Waals surface area contributed by atoms with E-state index in [4.69, 9.17) is 4.74 Å². The molecule has 2 aromatic rings. The number of likely N-dealkylation sites (N-methyl/N-ethyl adjacent to an activating group) is 2. The van der Waals surface area contributed by atoms with Crippen LogP contribution in [0, 0.1) is 5.82 Å². The molecule has 1 aliphatic heterocycles. The summed E-state index contributed by atoms with van der Waals surface area (Å²) in [5.74, 6) is -1.36. The van der Waals surface area contributed by atoms with Gasteiger partial charge in [0, 0.05) is 38.8 Å². The lowest BCUT2D eigenvalue weighted by Crippen LogP contribution is -2.33. The molecule has 1 heterocycles. The molecule has 0 fully saturated rings. The Kier molecular flexibility index (Phi) is 7.60. The number of nitrogens with zero attached hydrogens (tertiary/aromatic N) is 1. The number of hydrogen-bond acceptors (Lipinski definition) is 4. The predicted octanol–water partition coefficient (Wildman–Crippen LogP) is 3.66. The highest BCUT2D eigenvalue weighted by molar-refractivity contribution is 5.94. The number of alkyl halides is 3. The molecule has 2 N–H and O–H groups in total. The number of ether oxygens (including phenoxy) is 1. The summed E-state index contributed by atoms with van der Waals surface area (Å²) < 4.78 is 57.9. The van der Waals surface area contributed by atoms with Gasteiger partial charge in [0.05, 0.1) is 5.56 Å². The Morgan fingerprint density at radius 2 is 1.88 bits per heavy atom. The molecule has 10 heteroatoms. The van der Waals surface area contributed by atoms with Crippen molar-refractivity contribution in [2.24, 2.45) is 0 Å². The lowest BCUT2D eigenvalue weighted by molar-refractivity contribution is -0.140. The minimum Gasteiger partial charge on any atom is -0.458 e. The third-order valence-electron chi connectivity index (χ3n) is 5.08. The average Bonchev–Trinajstić information content (AvgIpc) is 2.79. The second-order valence-electron chi connectivity index (χ2n) is 7.54. The number of halogens is 4. The Bertz CT molecular complexity index is 1140. The van der Waals surface area contributed by atoms with Crippen molar-refractivity contribution in [2.45, 2.75) is 12.6 Å². The maximum Gasteiger partial charge on any atom is 0.419 e. The number of nitrogens with one attached hydrogen (secondary N) is 2. The number of allylic oxidation sites excluding steroid dienone is 1. The van der Waals surface area contributed by atoms with Crippen molar-refractivity contribution in [1.29, 1.82) is 0 Å². The predicted molar refractivity (Wildman–Crippen MR) is 117 cm³/mol. The molecule has 34 heavy (non-hydrogen) atoms. The lowest BCUT2D eigenvalue weighted by Gasteiger charge is -2.24. The van der Waals surface area contributed by atoms with Gasteiger partial charge in [0.1, 0.15) is 23.0 Å². The third-order valence-corrected chi connectivity index (χ3v) is 5.08. The zero-order chi connectivity index (χ0) is 24.9. The molecule has 0 spiro atoms. The Labute approximate surface area is 193 Å². The van der Waals surface area contributed by atoms with Crippen LogP contribution in [0.5, 0.6) is 5.75 Å². The summed E-state index contributed by atoms with van der Waals surface area (Å²) in [7, 11) is 3.34. The molecule has 6 nitrogen and oxygen atoms in total. The third kappa shape index (κ3) is 6.15. The first-order chi connectivity index (χ1) is 16.1. The van der Waals surface area contributed by atoms with Gasteiger partial charge in [0.15, 0.2) is 0 Å². The summed E-state index contributed by atoms with van der Waals surface area (Å²) in [4.78, 5) is 26.0. The van der Waals surface area contributed by atoms with Crippen LogP contribution >= 0.6 is 0 Å². The van der Waals surface area contributed by atoms with Gasteiger partial charge in [0.25, 0.3) is 11.8 Å². The molecule has 180 valence electrons. The van der Waals surface area contributed by atoms with Crippen molar-refractivity contribution in [3.8, 4) is 5.75 Å². The fraction of sp³-hybridized carbons (Fsp3) is 0.250. The molecule has 0 aliphatic carbocycles. The molecule has 1 aliphatic rings. The van der Waals surface area contributed by atoms with Gasteiger partial charge in [-0.2, -0.15) is 13.2 Å². The zero-order valence-corrected chi connectivity index (χ0v) is 18.5. The standard InChI is InChI=1S/C24H23F4N3O3/c1-29-23(33)21-14-18(9-11-31(21)2)34-17-5-3-4-15(12-17)8-10-30-22(32)16-6-7-20(25)19(13-16)24(26,27)28/h3-7,9,12-14H,8,10-11H2,1-2H3,(H,29,33)(H,30,32). The van der Waals surface area contributed by atoms with E-state index in [1.807, 2.05) is 12.1 Å². The first-order valence-electron chi connectivity index (χ1n) is 10.4. The van der Waals surface area contributed by atoms with Crippen LogP contribution in [-0.2, 0) is 17.4 Å². The molecule has 0 bridgehead atoms. The van der Waals surface area contributed by atoms with Crippen molar-refractivity contribution in [1.82, 2.24) is 15.5 Å². The SMILES string of the molecule is CNC(=O)C1=CC(Oc2cccc(CCNC(=O)c3ccc(F)c(C(F)(F)F)c3)c2)=CCN1C. The van der Waals surface area contributed by atoms with E-state index in [0.29, 0.717) is 42.3 Å². The summed E-state index contributed by atoms with van der Waals surface area (Å²) in [6.45, 7) is 0.648. The first kappa shape index (κ1) is 24.8. The Hall–Kier alpha value is -3.82. The molecule has 2 aromatic carbocycles. The number of hydrogen-bond donors (Lipinski definition) is 2. The fourth-order valence-electron chi connectivity index (χ4n) is 3.27. The number of carbonyl (C=O) groups is 2. The molecule has 0 saturated carbocycles. The highest BCUT2D eigenvalue weighted by atomic mass is 19.4. The van der Waals surface area contributed by atoms with Crippen LogP contribution in [0.15, 0.2) is 66.1 Å². The number of amides is 2. The second kappa shape index (κ2) is 10.4. The minimum absolute atomic E-state index is 0.148. The molecule has 0 unspecified atom stereocenters. The van der Waals surface area contributed by atoms with Gasteiger partial charge in [-0.3, -0.25) is 9.59 Å². The van der Waals surface area contributed by atoms with Crippen LogP contribution in [0.1, 0.15) is 21.5 Å². The first-order valence-corrected chi connectivity index (χ1v) is 10.4. The van der Waals surface area contributed by atoms with E-state index in [2.05, 4.69) is 10.6 Å². The molecule has 2 amide bonds. The topological polar surface area (TPSA) is 70.7 Å². The Morgan fingerprint density at radius 3 is 2.59 bits per heavy atom. The van der Waals surface area contributed by atoms with Crippen LogP contribution in [0.2, 0.25) is 0 Å². The normalized spacial score (nSPS) is 13.6. The van der Waals surface area contributed by atoms with Gasteiger partial charge in [-0.15, -0.1) is 0 Å². The molecule has 0 atom stereocenters. The van der Waals surface area contributed by atoms with E-state index in [-0.39, 0.29) is 18.0 Å². The Balaban J connectivity index is 1.60. The number of carbonyl (C=O) groups excluding carboxylic acids is 2. The highest BCUT2D eigenvalue weighted by Crippen LogP contribution is 2.31. The van der Waals surface area contributed by atoms with E-state index in [9.17, 15) is 27.2 Å². The van der Waals surface area contributed by atoms with Gasteiger partial charge in [-0.25, -0.2) is 4.39 Å². The van der Waals surface area contributed by atoms with Crippen molar-refractivity contribution < 1.29 is 31.9 Å². The van der Waals surface area contributed by atoms with Gasteiger partial charge >= 0.3 is 6.18 Å². The molecule has 0 radical (unpaired) electrons. The molecular formula is C24H23F4N3O3. The molecular weight excluding hydrogens is 454 g/mol. The fourth-order valence-corrected chi connectivity index (χ4v) is 3.27. The van der Waals surface area contributed by atoms with E-state index >= 15 is 0 Å². The molecule has 0 aromatic heterocycles. The monoisotopic (exact) mass is 477 g/mol. The summed E-state index contributed by atoms with van der Waals surface area (Å²) in [5.41, 5.74) is -0.481. The van der Waals surface area contributed by atoms with Gasteiger partial charge < -0.3 is 20.3 Å². The van der Waals surface area contributed by atoms with Crippen LogP contribution in [-0.4, -0.2) is 43.9 Å².